The van der Waals surface area contributed by atoms with E-state index in [2.05, 4.69) is 4.99 Å². The third-order valence-corrected chi connectivity index (χ3v) is 4.66. The van der Waals surface area contributed by atoms with Gasteiger partial charge in [-0.3, -0.25) is 4.79 Å². The van der Waals surface area contributed by atoms with Gasteiger partial charge in [0.05, 0.1) is 10.6 Å². The lowest BCUT2D eigenvalue weighted by Gasteiger charge is -2.30. The number of rotatable bonds is 3. The van der Waals surface area contributed by atoms with E-state index in [0.29, 0.717) is 5.69 Å². The molecule has 1 aliphatic heterocycles. The van der Waals surface area contributed by atoms with Crippen LogP contribution in [0.4, 0.5) is 5.69 Å². The number of carbonyl (C=O) groups excluding carboxylic acids is 1. The lowest BCUT2D eigenvalue weighted by atomic mass is 10.1. The molecule has 0 atom stereocenters. The number of nitrogens with zero attached hydrogens (tertiary/aromatic N) is 2. The van der Waals surface area contributed by atoms with Gasteiger partial charge < -0.3 is 16.4 Å². The Morgan fingerprint density at radius 2 is 1.82 bits per heavy atom. The van der Waals surface area contributed by atoms with E-state index in [1.807, 2.05) is 4.90 Å². The van der Waals surface area contributed by atoms with E-state index >= 15 is 0 Å². The first-order valence-corrected chi connectivity index (χ1v) is 8.91. The van der Waals surface area contributed by atoms with Crippen molar-refractivity contribution >= 4 is 27.4 Å². The largest absolute Gasteiger partial charge is 0.370 e. The fourth-order valence-electron chi connectivity index (χ4n) is 2.52. The molecule has 2 rings (SSSR count). The number of aliphatic imine (C=N–C) groups is 1. The van der Waals surface area contributed by atoms with Gasteiger partial charge in [0.25, 0.3) is 5.91 Å². The summed E-state index contributed by atoms with van der Waals surface area (Å²) < 4.78 is 24.1. The van der Waals surface area contributed by atoms with E-state index in [1.54, 1.807) is 12.1 Å². The molecule has 1 saturated heterocycles. The molecule has 0 spiro atoms. The maximum atomic E-state index is 12.1. The lowest BCUT2D eigenvalue weighted by Crippen LogP contribution is -2.30. The summed E-state index contributed by atoms with van der Waals surface area (Å²) in [4.78, 5) is 17.5. The summed E-state index contributed by atoms with van der Waals surface area (Å²) >= 11 is 0. The third-order valence-electron chi connectivity index (χ3n) is 3.53. The van der Waals surface area contributed by atoms with E-state index < -0.39 is 15.7 Å². The summed E-state index contributed by atoms with van der Waals surface area (Å²) in [6.07, 6.45) is 4.33. The average Bonchev–Trinajstić information content (AvgIpc) is 2.46. The summed E-state index contributed by atoms with van der Waals surface area (Å²) in [5, 5.41) is 0. The molecule has 0 saturated carbocycles. The molecule has 1 aromatic carbocycles. The molecule has 0 radical (unpaired) electrons. The van der Waals surface area contributed by atoms with E-state index in [0.717, 1.165) is 38.6 Å². The predicted octanol–water partition coefficient (Wildman–Crippen LogP) is 0.494. The highest BCUT2D eigenvalue weighted by atomic mass is 32.2. The molecule has 22 heavy (non-hydrogen) atoms. The molecule has 7 nitrogen and oxygen atoms in total. The van der Waals surface area contributed by atoms with Gasteiger partial charge in [-0.1, -0.05) is 0 Å². The first kappa shape index (κ1) is 16.3. The Kier molecular flexibility index (Phi) is 4.70. The molecule has 1 aliphatic rings. The van der Waals surface area contributed by atoms with Gasteiger partial charge in [0.2, 0.25) is 0 Å². The van der Waals surface area contributed by atoms with Crippen LogP contribution in [0.5, 0.6) is 0 Å². The highest BCUT2D eigenvalue weighted by molar-refractivity contribution is 7.90. The Morgan fingerprint density at radius 1 is 1.18 bits per heavy atom. The van der Waals surface area contributed by atoms with Gasteiger partial charge in [-0.2, -0.15) is 4.99 Å². The number of sulfone groups is 1. The average molecular weight is 324 g/mol. The molecule has 1 fully saturated rings. The van der Waals surface area contributed by atoms with E-state index in [9.17, 15) is 13.2 Å². The summed E-state index contributed by atoms with van der Waals surface area (Å²) in [6, 6.07) is 4.54. The van der Waals surface area contributed by atoms with Crippen molar-refractivity contribution in [1.29, 1.82) is 0 Å². The van der Waals surface area contributed by atoms with E-state index in [1.165, 1.54) is 6.07 Å². The second-order valence-electron chi connectivity index (χ2n) is 5.34. The van der Waals surface area contributed by atoms with Crippen molar-refractivity contribution in [3.8, 4) is 0 Å². The number of amides is 1. The lowest BCUT2D eigenvalue weighted by molar-refractivity contribution is 0.100. The van der Waals surface area contributed by atoms with Crippen LogP contribution in [-0.2, 0) is 9.84 Å². The summed E-state index contributed by atoms with van der Waals surface area (Å²) in [5.41, 5.74) is 11.1. The maximum absolute atomic E-state index is 12.1. The minimum Gasteiger partial charge on any atom is -0.370 e. The Morgan fingerprint density at radius 3 is 2.36 bits per heavy atom. The quantitative estimate of drug-likeness (QED) is 0.617. The van der Waals surface area contributed by atoms with Gasteiger partial charge >= 0.3 is 0 Å². The Bertz CT molecular complexity index is 703. The van der Waals surface area contributed by atoms with Crippen molar-refractivity contribution in [3.63, 3.8) is 0 Å². The number of guanidine groups is 1. The molecule has 0 aromatic heterocycles. The molecule has 1 aromatic rings. The number of piperidine rings is 1. The normalized spacial score (nSPS) is 15.4. The van der Waals surface area contributed by atoms with E-state index in [-0.39, 0.29) is 16.4 Å². The first-order chi connectivity index (χ1) is 10.3. The van der Waals surface area contributed by atoms with Crippen molar-refractivity contribution in [3.05, 3.63) is 23.8 Å². The molecule has 0 aliphatic carbocycles. The molecular formula is C14H20N4O3S. The zero-order valence-corrected chi connectivity index (χ0v) is 13.3. The number of hydrogen-bond acceptors (Lipinski definition) is 4. The van der Waals surface area contributed by atoms with Gasteiger partial charge in [0.1, 0.15) is 0 Å². The second-order valence-corrected chi connectivity index (χ2v) is 7.33. The minimum atomic E-state index is -3.47. The number of benzene rings is 1. The van der Waals surface area contributed by atoms with Crippen molar-refractivity contribution in [2.24, 2.45) is 16.5 Å². The van der Waals surface area contributed by atoms with Crippen LogP contribution in [0.3, 0.4) is 0 Å². The SMILES string of the molecule is CS(=O)(=O)c1cc(C(=O)N=C(N)N)ccc1N1CCCCC1. The van der Waals surface area contributed by atoms with Crippen LogP contribution in [0, 0.1) is 0 Å². The van der Waals surface area contributed by atoms with Crippen molar-refractivity contribution in [2.75, 3.05) is 24.2 Å². The van der Waals surface area contributed by atoms with Crippen LogP contribution in [-0.4, -0.2) is 39.6 Å². The smallest absolute Gasteiger partial charge is 0.280 e. The number of carbonyl (C=O) groups is 1. The molecule has 0 unspecified atom stereocenters. The van der Waals surface area contributed by atoms with Crippen LogP contribution >= 0.6 is 0 Å². The Hall–Kier alpha value is -2.09. The van der Waals surface area contributed by atoms with Crippen LogP contribution < -0.4 is 16.4 Å². The van der Waals surface area contributed by atoms with Gasteiger partial charge in [-0.05, 0) is 37.5 Å². The zero-order valence-electron chi connectivity index (χ0n) is 12.4. The van der Waals surface area contributed by atoms with E-state index in [4.69, 9.17) is 11.5 Å². The second kappa shape index (κ2) is 6.35. The highest BCUT2D eigenvalue weighted by Crippen LogP contribution is 2.29. The van der Waals surface area contributed by atoms with Crippen molar-refractivity contribution < 1.29 is 13.2 Å². The fraction of sp³-hybridized carbons (Fsp3) is 0.429. The molecule has 1 amide bonds. The van der Waals surface area contributed by atoms with Crippen molar-refractivity contribution in [1.82, 2.24) is 0 Å². The molecule has 4 N–H and O–H groups in total. The van der Waals surface area contributed by atoms with Gasteiger partial charge in [-0.25, -0.2) is 8.42 Å². The van der Waals surface area contributed by atoms with Crippen LogP contribution in [0.2, 0.25) is 0 Å². The highest BCUT2D eigenvalue weighted by Gasteiger charge is 2.21. The summed E-state index contributed by atoms with van der Waals surface area (Å²) in [7, 11) is -3.47. The first-order valence-electron chi connectivity index (χ1n) is 7.02. The monoisotopic (exact) mass is 324 g/mol. The van der Waals surface area contributed by atoms with Crippen LogP contribution in [0.25, 0.3) is 0 Å². The molecule has 120 valence electrons. The minimum absolute atomic E-state index is 0.131. The number of hydrogen-bond donors (Lipinski definition) is 2. The summed E-state index contributed by atoms with van der Waals surface area (Å²) in [5.74, 6) is -1.01. The standard InChI is InChI=1S/C14H20N4O3S/c1-22(20,21)12-9-10(13(19)17-14(15)16)5-6-11(12)18-7-3-2-4-8-18/h5-6,9H,2-4,7-8H2,1H3,(H4,15,16,17,19). The Labute approximate surface area is 129 Å². The Balaban J connectivity index is 2.48. The van der Waals surface area contributed by atoms with Crippen LogP contribution in [0.15, 0.2) is 28.1 Å². The zero-order chi connectivity index (χ0) is 16.3. The number of anilines is 1. The van der Waals surface area contributed by atoms with Crippen molar-refractivity contribution in [2.45, 2.75) is 24.2 Å². The molecule has 1 heterocycles. The molecular weight excluding hydrogens is 304 g/mol. The molecule has 8 heteroatoms. The molecule has 0 bridgehead atoms. The predicted molar refractivity (Wildman–Crippen MR) is 85.8 cm³/mol. The van der Waals surface area contributed by atoms with Gasteiger partial charge in [-0.15, -0.1) is 0 Å². The van der Waals surface area contributed by atoms with Crippen LogP contribution in [0.1, 0.15) is 29.6 Å². The fourth-order valence-corrected chi connectivity index (χ4v) is 3.44. The summed E-state index contributed by atoms with van der Waals surface area (Å²) in [6.45, 7) is 1.62. The van der Waals surface area contributed by atoms with Gasteiger partial charge in [0, 0.05) is 24.9 Å². The third kappa shape index (κ3) is 3.76. The number of nitrogens with two attached hydrogens (primary N) is 2. The topological polar surface area (TPSA) is 119 Å². The van der Waals surface area contributed by atoms with Gasteiger partial charge in [0.15, 0.2) is 15.8 Å². The maximum Gasteiger partial charge on any atom is 0.280 e.